The molecule has 0 fully saturated rings. The van der Waals surface area contributed by atoms with Crippen LogP contribution in [0.25, 0.3) is 10.2 Å². The number of aromatic carboxylic acids is 2. The van der Waals surface area contributed by atoms with Gasteiger partial charge in [-0.2, -0.15) is 0 Å². The zero-order valence-electron chi connectivity index (χ0n) is 12.2. The standard InChI is InChI=1S/C16H10ClNO5S/c1-6-9-10(12(19)7-4-2-3-5-8(7)17)11(15(20)21)18-14(9)24-13(6)16(22)23/h2-5,18H,1H3,(H,20,21)(H,22,23). The van der Waals surface area contributed by atoms with Gasteiger partial charge in [-0.05, 0) is 24.6 Å². The van der Waals surface area contributed by atoms with E-state index in [4.69, 9.17) is 11.6 Å². The summed E-state index contributed by atoms with van der Waals surface area (Å²) in [5, 5.41) is 19.1. The van der Waals surface area contributed by atoms with Crippen molar-refractivity contribution in [2.45, 2.75) is 6.92 Å². The Morgan fingerprint density at radius 1 is 1.12 bits per heavy atom. The number of aromatic amines is 1. The Kier molecular flexibility index (Phi) is 3.90. The minimum absolute atomic E-state index is 0.0568. The van der Waals surface area contributed by atoms with Crippen LogP contribution in [0.5, 0.6) is 0 Å². The molecule has 3 aromatic rings. The molecule has 0 aliphatic carbocycles. The van der Waals surface area contributed by atoms with E-state index < -0.39 is 17.7 Å². The largest absolute Gasteiger partial charge is 0.477 e. The summed E-state index contributed by atoms with van der Waals surface area (Å²) in [4.78, 5) is 38.7. The normalized spacial score (nSPS) is 10.9. The third-order valence-corrected chi connectivity index (χ3v) is 5.16. The van der Waals surface area contributed by atoms with E-state index >= 15 is 0 Å². The first-order valence-electron chi connectivity index (χ1n) is 6.73. The first-order valence-corrected chi connectivity index (χ1v) is 7.93. The molecule has 2 aromatic heterocycles. The zero-order valence-corrected chi connectivity index (χ0v) is 13.8. The number of carbonyl (C=O) groups is 3. The minimum Gasteiger partial charge on any atom is -0.477 e. The summed E-state index contributed by atoms with van der Waals surface area (Å²) in [6.45, 7) is 1.55. The first kappa shape index (κ1) is 16.2. The van der Waals surface area contributed by atoms with E-state index in [-0.39, 0.29) is 26.7 Å². The second kappa shape index (κ2) is 5.77. The number of halogens is 1. The van der Waals surface area contributed by atoms with Gasteiger partial charge in [0.1, 0.15) is 15.4 Å². The number of carboxylic acids is 2. The minimum atomic E-state index is -1.30. The van der Waals surface area contributed by atoms with E-state index in [0.29, 0.717) is 15.8 Å². The third-order valence-electron chi connectivity index (χ3n) is 3.64. The van der Waals surface area contributed by atoms with Crippen LogP contribution in [-0.2, 0) is 0 Å². The van der Waals surface area contributed by atoms with Gasteiger partial charge in [0.2, 0.25) is 0 Å². The average molecular weight is 364 g/mol. The first-order chi connectivity index (χ1) is 11.3. The number of carboxylic acid groups (broad SMARTS) is 2. The molecular formula is C16H10ClNO5S. The molecule has 0 saturated carbocycles. The number of hydrogen-bond donors (Lipinski definition) is 3. The third kappa shape index (κ3) is 2.38. The number of carbonyl (C=O) groups excluding carboxylic acids is 1. The van der Waals surface area contributed by atoms with Gasteiger partial charge in [0, 0.05) is 10.9 Å². The summed E-state index contributed by atoms with van der Waals surface area (Å²) in [5.74, 6) is -3.00. The van der Waals surface area contributed by atoms with Crippen molar-refractivity contribution in [3.05, 3.63) is 56.5 Å². The predicted octanol–water partition coefficient (Wildman–Crippen LogP) is 3.82. The molecular weight excluding hydrogens is 354 g/mol. The van der Waals surface area contributed by atoms with Crippen molar-refractivity contribution in [2.75, 3.05) is 0 Å². The van der Waals surface area contributed by atoms with E-state index in [2.05, 4.69) is 4.98 Å². The maximum absolute atomic E-state index is 12.9. The fraction of sp³-hybridized carbons (Fsp3) is 0.0625. The molecule has 0 unspecified atom stereocenters. The SMILES string of the molecule is Cc1c(C(=O)O)sc2[nH]c(C(=O)O)c(C(=O)c3ccccc3Cl)c12. The molecule has 0 bridgehead atoms. The lowest BCUT2D eigenvalue weighted by Crippen LogP contribution is -2.09. The molecule has 0 atom stereocenters. The molecule has 0 radical (unpaired) electrons. The molecule has 3 N–H and O–H groups in total. The number of benzene rings is 1. The zero-order chi connectivity index (χ0) is 17.6. The van der Waals surface area contributed by atoms with Crippen LogP contribution in [0.2, 0.25) is 5.02 Å². The van der Waals surface area contributed by atoms with Crippen LogP contribution in [0.4, 0.5) is 0 Å². The van der Waals surface area contributed by atoms with Crippen molar-refractivity contribution in [3.8, 4) is 0 Å². The second-order valence-corrected chi connectivity index (χ2v) is 6.48. The highest BCUT2D eigenvalue weighted by molar-refractivity contribution is 7.20. The summed E-state index contributed by atoms with van der Waals surface area (Å²) in [7, 11) is 0. The number of H-pyrrole nitrogens is 1. The smallest absolute Gasteiger partial charge is 0.353 e. The Labute approximate surface area is 144 Å². The summed E-state index contributed by atoms with van der Waals surface area (Å²) in [6, 6.07) is 6.30. The number of nitrogens with one attached hydrogen (secondary N) is 1. The van der Waals surface area contributed by atoms with Crippen LogP contribution >= 0.6 is 22.9 Å². The quantitative estimate of drug-likeness (QED) is 0.611. The number of hydrogen-bond acceptors (Lipinski definition) is 4. The van der Waals surface area contributed by atoms with Crippen molar-refractivity contribution >= 4 is 50.9 Å². The fourth-order valence-electron chi connectivity index (χ4n) is 2.58. The molecule has 24 heavy (non-hydrogen) atoms. The number of aryl methyl sites for hydroxylation is 1. The van der Waals surface area contributed by atoms with Gasteiger partial charge in [-0.1, -0.05) is 23.7 Å². The summed E-state index contributed by atoms with van der Waals surface area (Å²) < 4.78 is 0. The van der Waals surface area contributed by atoms with Gasteiger partial charge in [0.15, 0.2) is 5.78 Å². The highest BCUT2D eigenvalue weighted by atomic mass is 35.5. The molecule has 6 nitrogen and oxygen atoms in total. The van der Waals surface area contributed by atoms with Crippen molar-refractivity contribution in [2.24, 2.45) is 0 Å². The molecule has 0 saturated heterocycles. The van der Waals surface area contributed by atoms with E-state index in [9.17, 15) is 24.6 Å². The van der Waals surface area contributed by atoms with Crippen LogP contribution in [0, 0.1) is 6.92 Å². The summed E-state index contributed by atoms with van der Waals surface area (Å²) in [6.07, 6.45) is 0. The van der Waals surface area contributed by atoms with Gasteiger partial charge in [-0.15, -0.1) is 11.3 Å². The number of thiophene rings is 1. The van der Waals surface area contributed by atoms with E-state index in [1.807, 2.05) is 0 Å². The topological polar surface area (TPSA) is 107 Å². The van der Waals surface area contributed by atoms with Gasteiger partial charge >= 0.3 is 11.9 Å². The van der Waals surface area contributed by atoms with Gasteiger partial charge in [0.25, 0.3) is 0 Å². The Morgan fingerprint density at radius 3 is 2.38 bits per heavy atom. The maximum Gasteiger partial charge on any atom is 0.353 e. The van der Waals surface area contributed by atoms with Crippen LogP contribution in [0.1, 0.15) is 41.6 Å². The summed E-state index contributed by atoms with van der Waals surface area (Å²) in [5.41, 5.74) is 0.153. The maximum atomic E-state index is 12.9. The van der Waals surface area contributed by atoms with Crippen molar-refractivity contribution in [1.29, 1.82) is 0 Å². The van der Waals surface area contributed by atoms with Crippen LogP contribution in [0.3, 0.4) is 0 Å². The van der Waals surface area contributed by atoms with E-state index in [0.717, 1.165) is 11.3 Å². The summed E-state index contributed by atoms with van der Waals surface area (Å²) >= 11 is 6.94. The lowest BCUT2D eigenvalue weighted by Gasteiger charge is -2.04. The molecule has 3 rings (SSSR count). The van der Waals surface area contributed by atoms with Gasteiger partial charge < -0.3 is 15.2 Å². The highest BCUT2D eigenvalue weighted by Crippen LogP contribution is 2.36. The fourth-order valence-corrected chi connectivity index (χ4v) is 3.85. The Balaban J connectivity index is 2.34. The van der Waals surface area contributed by atoms with Crippen molar-refractivity contribution < 1.29 is 24.6 Å². The van der Waals surface area contributed by atoms with Gasteiger partial charge in [-0.25, -0.2) is 9.59 Å². The number of rotatable bonds is 4. The van der Waals surface area contributed by atoms with Crippen LogP contribution in [0.15, 0.2) is 24.3 Å². The van der Waals surface area contributed by atoms with Crippen molar-refractivity contribution in [1.82, 2.24) is 4.98 Å². The molecule has 0 amide bonds. The molecule has 0 aliphatic heterocycles. The van der Waals surface area contributed by atoms with Crippen LogP contribution in [-0.4, -0.2) is 32.9 Å². The Bertz CT molecular complexity index is 1020. The predicted molar refractivity (Wildman–Crippen MR) is 89.7 cm³/mol. The molecule has 8 heteroatoms. The lowest BCUT2D eigenvalue weighted by molar-refractivity contribution is 0.0683. The molecule has 0 aliphatic rings. The van der Waals surface area contributed by atoms with Crippen molar-refractivity contribution in [3.63, 3.8) is 0 Å². The number of ketones is 1. The number of fused-ring (bicyclic) bond motifs is 1. The van der Waals surface area contributed by atoms with E-state index in [1.165, 1.54) is 12.1 Å². The highest BCUT2D eigenvalue weighted by Gasteiger charge is 2.29. The second-order valence-electron chi connectivity index (χ2n) is 5.05. The number of aromatic nitrogens is 1. The Morgan fingerprint density at radius 2 is 1.79 bits per heavy atom. The van der Waals surface area contributed by atoms with Gasteiger partial charge in [-0.3, -0.25) is 4.79 Å². The average Bonchev–Trinajstić information content (AvgIpc) is 3.04. The molecule has 2 heterocycles. The monoisotopic (exact) mass is 363 g/mol. The molecule has 0 spiro atoms. The Hall–Kier alpha value is -2.64. The lowest BCUT2D eigenvalue weighted by atomic mass is 9.99. The van der Waals surface area contributed by atoms with E-state index in [1.54, 1.807) is 19.1 Å². The van der Waals surface area contributed by atoms with Gasteiger partial charge in [0.05, 0.1) is 10.6 Å². The molecule has 122 valence electrons. The molecule has 1 aromatic carbocycles. The van der Waals surface area contributed by atoms with Crippen LogP contribution < -0.4 is 0 Å².